The molecule has 1 fully saturated rings. The van der Waals surface area contributed by atoms with E-state index in [0.717, 1.165) is 0 Å². The lowest BCUT2D eigenvalue weighted by Crippen LogP contribution is -2.47. The van der Waals surface area contributed by atoms with Gasteiger partial charge in [0.2, 0.25) is 0 Å². The molecule has 0 saturated carbocycles. The number of hydrogen-bond donors (Lipinski definition) is 1. The Morgan fingerprint density at radius 3 is 2.50 bits per heavy atom. The second-order valence-electron chi connectivity index (χ2n) is 1.86. The molecule has 0 aromatic carbocycles. The fourth-order valence-electron chi connectivity index (χ4n) is 0.504. The minimum atomic E-state index is -0.790. The second kappa shape index (κ2) is 1.96. The van der Waals surface area contributed by atoms with E-state index in [2.05, 4.69) is 17.2 Å². The van der Waals surface area contributed by atoms with Gasteiger partial charge in [-0.25, -0.2) is 0 Å². The maximum absolute atomic E-state index is 9.10. The van der Waals surface area contributed by atoms with Gasteiger partial charge in [-0.2, -0.15) is 0 Å². The predicted molar refractivity (Wildman–Crippen MR) is 32.9 cm³/mol. The summed E-state index contributed by atoms with van der Waals surface area (Å²) in [6, 6.07) is 0. The molecule has 1 N–H and O–H groups in total. The Morgan fingerprint density at radius 2 is 2.38 bits per heavy atom. The highest BCUT2D eigenvalue weighted by atomic mass is 32.1. The van der Waals surface area contributed by atoms with Gasteiger partial charge in [-0.05, 0) is 17.2 Å². The lowest BCUT2D eigenvalue weighted by Gasteiger charge is -2.32. The molecule has 3 heteroatoms. The van der Waals surface area contributed by atoms with Crippen molar-refractivity contribution in [3.8, 4) is 0 Å². The van der Waals surface area contributed by atoms with Crippen molar-refractivity contribution in [1.82, 2.24) is 0 Å². The van der Waals surface area contributed by atoms with Crippen LogP contribution in [0.4, 0.5) is 0 Å². The molecule has 0 atom stereocenters. The average molecular weight is 130 g/mol. The lowest BCUT2D eigenvalue weighted by molar-refractivity contribution is -0.146. The van der Waals surface area contributed by atoms with Crippen LogP contribution in [0, 0.1) is 0 Å². The SMILES string of the molecule is OC1(C=C=S)COC1. The van der Waals surface area contributed by atoms with E-state index in [1.807, 2.05) is 0 Å². The van der Waals surface area contributed by atoms with Crippen LogP contribution in [0.5, 0.6) is 0 Å². The third kappa shape index (κ3) is 0.956. The van der Waals surface area contributed by atoms with Crippen LogP contribution in [-0.2, 0) is 4.74 Å². The second-order valence-corrected chi connectivity index (χ2v) is 2.09. The molecule has 44 valence electrons. The molecule has 0 aromatic rings. The van der Waals surface area contributed by atoms with Gasteiger partial charge >= 0.3 is 0 Å². The predicted octanol–water partition coefficient (Wildman–Crippen LogP) is -0.0975. The molecule has 0 unspecified atom stereocenters. The summed E-state index contributed by atoms with van der Waals surface area (Å²) in [5.74, 6) is 0. The van der Waals surface area contributed by atoms with E-state index >= 15 is 0 Å². The summed E-state index contributed by atoms with van der Waals surface area (Å²) >= 11 is 4.38. The van der Waals surface area contributed by atoms with E-state index < -0.39 is 5.60 Å². The van der Waals surface area contributed by atoms with Gasteiger partial charge in [0, 0.05) is 6.08 Å². The van der Waals surface area contributed by atoms with Crippen molar-refractivity contribution in [2.45, 2.75) is 5.60 Å². The van der Waals surface area contributed by atoms with Crippen LogP contribution in [0.1, 0.15) is 0 Å². The summed E-state index contributed by atoms with van der Waals surface area (Å²) in [5.41, 5.74) is -0.790. The van der Waals surface area contributed by atoms with Crippen LogP contribution in [0.25, 0.3) is 0 Å². The first-order valence-corrected chi connectivity index (χ1v) is 2.70. The molecule has 1 heterocycles. The van der Waals surface area contributed by atoms with Crippen molar-refractivity contribution in [3.63, 3.8) is 0 Å². The normalized spacial score (nSPS) is 23.1. The largest absolute Gasteiger partial charge is 0.380 e. The Morgan fingerprint density at radius 1 is 1.75 bits per heavy atom. The third-order valence-electron chi connectivity index (χ3n) is 1.03. The fraction of sp³-hybridized carbons (Fsp3) is 0.600. The molecule has 1 aliphatic heterocycles. The Kier molecular flexibility index (Phi) is 1.45. The lowest BCUT2D eigenvalue weighted by atomic mass is 10.0. The summed E-state index contributed by atoms with van der Waals surface area (Å²) in [6.45, 7) is 0.716. The molecule has 0 spiro atoms. The third-order valence-corrected chi connectivity index (χ3v) is 1.15. The Balaban J connectivity index is 2.53. The first-order chi connectivity index (χ1) is 3.77. The quantitative estimate of drug-likeness (QED) is 0.503. The first kappa shape index (κ1) is 5.92. The summed E-state index contributed by atoms with van der Waals surface area (Å²) in [4.78, 5) is 0. The zero-order valence-electron chi connectivity index (χ0n) is 4.26. The number of thiocarbonyl (C=S) groups is 1. The summed E-state index contributed by atoms with van der Waals surface area (Å²) < 4.78 is 4.72. The number of rotatable bonds is 1. The zero-order chi connectivity index (χ0) is 6.04. The molecule has 1 aliphatic rings. The first-order valence-electron chi connectivity index (χ1n) is 2.29. The van der Waals surface area contributed by atoms with Crippen LogP contribution < -0.4 is 0 Å². The number of aliphatic hydroxyl groups is 1. The van der Waals surface area contributed by atoms with Crippen LogP contribution in [-0.4, -0.2) is 28.9 Å². The molecule has 0 aliphatic carbocycles. The van der Waals surface area contributed by atoms with Crippen molar-refractivity contribution >= 4 is 17.2 Å². The van der Waals surface area contributed by atoms with Gasteiger partial charge in [0.05, 0.1) is 13.2 Å². The smallest absolute Gasteiger partial charge is 0.137 e. The van der Waals surface area contributed by atoms with Gasteiger partial charge in [0.15, 0.2) is 0 Å². The zero-order valence-corrected chi connectivity index (χ0v) is 5.07. The van der Waals surface area contributed by atoms with Crippen LogP contribution >= 0.6 is 12.2 Å². The molecular formula is C5H6O2S. The van der Waals surface area contributed by atoms with Crippen molar-refractivity contribution in [1.29, 1.82) is 0 Å². The van der Waals surface area contributed by atoms with E-state index in [1.165, 1.54) is 6.08 Å². The molecule has 2 nitrogen and oxygen atoms in total. The highest BCUT2D eigenvalue weighted by Crippen LogP contribution is 2.15. The van der Waals surface area contributed by atoms with Gasteiger partial charge in [-0.15, -0.1) is 0 Å². The molecule has 1 saturated heterocycles. The van der Waals surface area contributed by atoms with Gasteiger partial charge in [0.25, 0.3) is 0 Å². The van der Waals surface area contributed by atoms with E-state index in [9.17, 15) is 0 Å². The van der Waals surface area contributed by atoms with Crippen LogP contribution in [0.3, 0.4) is 0 Å². The van der Waals surface area contributed by atoms with Gasteiger partial charge in [-0.1, -0.05) is 0 Å². The van der Waals surface area contributed by atoms with Gasteiger partial charge in [0.1, 0.15) is 5.60 Å². The molecule has 8 heavy (non-hydrogen) atoms. The Labute approximate surface area is 52.8 Å². The van der Waals surface area contributed by atoms with Crippen molar-refractivity contribution < 1.29 is 9.84 Å². The molecule has 1 rings (SSSR count). The maximum atomic E-state index is 9.10. The van der Waals surface area contributed by atoms with Crippen molar-refractivity contribution in [2.75, 3.05) is 13.2 Å². The van der Waals surface area contributed by atoms with E-state index in [4.69, 9.17) is 9.84 Å². The molecular weight excluding hydrogens is 124 g/mol. The van der Waals surface area contributed by atoms with E-state index in [1.54, 1.807) is 0 Å². The Hall–Kier alpha value is -0.210. The van der Waals surface area contributed by atoms with E-state index in [0.29, 0.717) is 13.2 Å². The van der Waals surface area contributed by atoms with Crippen LogP contribution in [0.15, 0.2) is 6.08 Å². The standard InChI is InChI=1S/C5H6O2S/c6-5(1-2-8)3-7-4-5/h1,6H,3-4H2. The number of hydrogen-bond acceptors (Lipinski definition) is 3. The average Bonchev–Trinajstić information content (AvgIpc) is 1.64. The Bertz CT molecular complexity index is 133. The van der Waals surface area contributed by atoms with Crippen LogP contribution in [0.2, 0.25) is 0 Å². The monoisotopic (exact) mass is 130 g/mol. The van der Waals surface area contributed by atoms with Crippen molar-refractivity contribution in [2.24, 2.45) is 0 Å². The molecule has 0 amide bonds. The summed E-state index contributed by atoms with van der Waals surface area (Å²) in [7, 11) is 0. The summed E-state index contributed by atoms with van der Waals surface area (Å²) in [5, 5.41) is 11.4. The molecule has 0 radical (unpaired) electrons. The number of ether oxygens (including phenoxy) is 1. The topological polar surface area (TPSA) is 29.5 Å². The van der Waals surface area contributed by atoms with Gasteiger partial charge < -0.3 is 9.84 Å². The molecule has 0 bridgehead atoms. The highest BCUT2D eigenvalue weighted by Gasteiger charge is 2.32. The molecule has 0 aromatic heterocycles. The minimum absolute atomic E-state index is 0.358. The highest BCUT2D eigenvalue weighted by molar-refractivity contribution is 7.78. The van der Waals surface area contributed by atoms with Gasteiger partial charge in [-0.3, -0.25) is 0 Å². The summed E-state index contributed by atoms with van der Waals surface area (Å²) in [6.07, 6.45) is 1.45. The fourth-order valence-corrected chi connectivity index (χ4v) is 0.724. The maximum Gasteiger partial charge on any atom is 0.137 e. The van der Waals surface area contributed by atoms with Crippen molar-refractivity contribution in [3.05, 3.63) is 6.08 Å². The van der Waals surface area contributed by atoms with E-state index in [-0.39, 0.29) is 0 Å². The minimum Gasteiger partial charge on any atom is -0.380 e.